The van der Waals surface area contributed by atoms with E-state index in [1.807, 2.05) is 17.9 Å². The SMILES string of the molecule is CCn1c(CN(C)Cc2nc(C)c3c(n2)N(CCC(C)C)C(=O)CC3)nc2ccccc21. The molecule has 4 rings (SSSR count). The highest BCUT2D eigenvalue weighted by Crippen LogP contribution is 2.29. The van der Waals surface area contributed by atoms with Crippen molar-refractivity contribution in [1.29, 1.82) is 0 Å². The Labute approximate surface area is 190 Å². The molecule has 0 bridgehead atoms. The van der Waals surface area contributed by atoms with Crippen molar-refractivity contribution in [1.82, 2.24) is 24.4 Å². The number of imidazole rings is 1. The monoisotopic (exact) mass is 434 g/mol. The molecule has 32 heavy (non-hydrogen) atoms. The summed E-state index contributed by atoms with van der Waals surface area (Å²) < 4.78 is 2.26. The van der Waals surface area contributed by atoms with Gasteiger partial charge in [0.05, 0.1) is 24.1 Å². The van der Waals surface area contributed by atoms with Crippen molar-refractivity contribution < 1.29 is 4.79 Å². The van der Waals surface area contributed by atoms with Crippen molar-refractivity contribution in [2.24, 2.45) is 5.92 Å². The molecule has 0 saturated carbocycles. The number of aromatic nitrogens is 4. The number of hydrogen-bond acceptors (Lipinski definition) is 5. The molecule has 0 saturated heterocycles. The first-order valence-electron chi connectivity index (χ1n) is 11.7. The molecule has 0 fully saturated rings. The standard InChI is InChI=1S/C25H34N6O/c1-6-30-21-10-8-7-9-20(21)27-23(30)16-29(5)15-22-26-18(4)19-11-12-24(32)31(25(19)28-22)14-13-17(2)3/h7-10,17H,6,11-16H2,1-5H3. The van der Waals surface area contributed by atoms with Gasteiger partial charge < -0.3 is 4.57 Å². The van der Waals surface area contributed by atoms with Crippen molar-refractivity contribution in [3.05, 3.63) is 47.2 Å². The largest absolute Gasteiger partial charge is 0.327 e. The fourth-order valence-electron chi connectivity index (χ4n) is 4.46. The molecule has 0 unspecified atom stereocenters. The Kier molecular flexibility index (Phi) is 6.55. The van der Waals surface area contributed by atoms with Gasteiger partial charge in [-0.25, -0.2) is 15.0 Å². The zero-order valence-electron chi connectivity index (χ0n) is 19.9. The predicted molar refractivity (Wildman–Crippen MR) is 127 cm³/mol. The van der Waals surface area contributed by atoms with E-state index in [0.717, 1.165) is 60.2 Å². The fourth-order valence-corrected chi connectivity index (χ4v) is 4.46. The molecule has 7 heteroatoms. The molecular weight excluding hydrogens is 400 g/mol. The first-order valence-corrected chi connectivity index (χ1v) is 11.7. The molecule has 0 radical (unpaired) electrons. The zero-order chi connectivity index (χ0) is 22.8. The average Bonchev–Trinajstić information content (AvgIpc) is 3.09. The third kappa shape index (κ3) is 4.53. The van der Waals surface area contributed by atoms with Crippen LogP contribution in [0.25, 0.3) is 11.0 Å². The minimum Gasteiger partial charge on any atom is -0.327 e. The number of benzene rings is 1. The van der Waals surface area contributed by atoms with E-state index in [1.165, 1.54) is 5.52 Å². The summed E-state index contributed by atoms with van der Waals surface area (Å²) in [6.45, 7) is 11.5. The van der Waals surface area contributed by atoms with Gasteiger partial charge in [-0.2, -0.15) is 0 Å². The van der Waals surface area contributed by atoms with Gasteiger partial charge in [0.2, 0.25) is 5.91 Å². The van der Waals surface area contributed by atoms with Crippen LogP contribution in [-0.4, -0.2) is 43.9 Å². The highest BCUT2D eigenvalue weighted by Gasteiger charge is 2.28. The van der Waals surface area contributed by atoms with Crippen molar-refractivity contribution >= 4 is 22.8 Å². The van der Waals surface area contributed by atoms with Gasteiger partial charge in [-0.3, -0.25) is 14.6 Å². The second kappa shape index (κ2) is 9.36. The Morgan fingerprint density at radius 2 is 1.88 bits per heavy atom. The molecule has 0 atom stereocenters. The van der Waals surface area contributed by atoms with Gasteiger partial charge in [-0.1, -0.05) is 26.0 Å². The van der Waals surface area contributed by atoms with E-state index < -0.39 is 0 Å². The molecule has 1 aliphatic heterocycles. The average molecular weight is 435 g/mol. The summed E-state index contributed by atoms with van der Waals surface area (Å²) in [6.07, 6.45) is 2.24. The Bertz CT molecular complexity index is 1120. The van der Waals surface area contributed by atoms with Gasteiger partial charge in [-0.05, 0) is 51.8 Å². The molecule has 0 spiro atoms. The van der Waals surface area contributed by atoms with Crippen molar-refractivity contribution in [2.75, 3.05) is 18.5 Å². The van der Waals surface area contributed by atoms with E-state index in [1.54, 1.807) is 0 Å². The van der Waals surface area contributed by atoms with Gasteiger partial charge >= 0.3 is 0 Å². The van der Waals surface area contributed by atoms with Gasteiger partial charge in [0, 0.05) is 30.8 Å². The number of anilines is 1. The number of carbonyl (C=O) groups is 1. The maximum Gasteiger partial charge on any atom is 0.228 e. The van der Waals surface area contributed by atoms with Gasteiger partial charge in [0.15, 0.2) is 0 Å². The first-order chi connectivity index (χ1) is 15.4. The van der Waals surface area contributed by atoms with E-state index in [-0.39, 0.29) is 5.91 Å². The number of fused-ring (bicyclic) bond motifs is 2. The van der Waals surface area contributed by atoms with Crippen LogP contribution in [0.15, 0.2) is 24.3 Å². The van der Waals surface area contributed by atoms with E-state index in [0.29, 0.717) is 25.4 Å². The Balaban J connectivity index is 1.56. The lowest BCUT2D eigenvalue weighted by Crippen LogP contribution is -2.38. The summed E-state index contributed by atoms with van der Waals surface area (Å²) in [5, 5.41) is 0. The highest BCUT2D eigenvalue weighted by atomic mass is 16.2. The lowest BCUT2D eigenvalue weighted by Gasteiger charge is -2.30. The minimum atomic E-state index is 0.173. The summed E-state index contributed by atoms with van der Waals surface area (Å²) >= 11 is 0. The first kappa shape index (κ1) is 22.4. The fraction of sp³-hybridized carbons (Fsp3) is 0.520. The maximum absolute atomic E-state index is 12.7. The third-order valence-corrected chi connectivity index (χ3v) is 6.19. The van der Waals surface area contributed by atoms with Crippen LogP contribution < -0.4 is 4.90 Å². The lowest BCUT2D eigenvalue weighted by molar-refractivity contribution is -0.119. The van der Waals surface area contributed by atoms with E-state index in [4.69, 9.17) is 15.0 Å². The van der Waals surface area contributed by atoms with Crippen LogP contribution in [0.4, 0.5) is 5.82 Å². The molecular formula is C25H34N6O. The Hall–Kier alpha value is -2.80. The molecule has 3 heterocycles. The highest BCUT2D eigenvalue weighted by molar-refractivity contribution is 5.95. The number of amides is 1. The molecule has 1 aliphatic rings. The van der Waals surface area contributed by atoms with E-state index >= 15 is 0 Å². The number of para-hydroxylation sites is 2. The second-order valence-corrected chi connectivity index (χ2v) is 9.19. The summed E-state index contributed by atoms with van der Waals surface area (Å²) in [6, 6.07) is 8.26. The van der Waals surface area contributed by atoms with Crippen molar-refractivity contribution in [3.8, 4) is 0 Å². The predicted octanol–water partition coefficient (Wildman–Crippen LogP) is 4.11. The smallest absolute Gasteiger partial charge is 0.228 e. The molecule has 7 nitrogen and oxygen atoms in total. The molecule has 2 aromatic heterocycles. The topological polar surface area (TPSA) is 67.2 Å². The molecule has 3 aromatic rings. The summed E-state index contributed by atoms with van der Waals surface area (Å²) in [5.41, 5.74) is 4.30. The van der Waals surface area contributed by atoms with Crippen LogP contribution in [0.1, 0.15) is 56.5 Å². The lowest BCUT2D eigenvalue weighted by atomic mass is 10.0. The number of carbonyl (C=O) groups excluding carboxylic acids is 1. The number of hydrogen-bond donors (Lipinski definition) is 0. The van der Waals surface area contributed by atoms with Crippen molar-refractivity contribution in [3.63, 3.8) is 0 Å². The van der Waals surface area contributed by atoms with Crippen LogP contribution >= 0.6 is 0 Å². The molecule has 1 amide bonds. The van der Waals surface area contributed by atoms with Crippen LogP contribution in [-0.2, 0) is 30.8 Å². The Morgan fingerprint density at radius 3 is 2.62 bits per heavy atom. The number of rotatable bonds is 8. The molecule has 170 valence electrons. The number of nitrogens with zero attached hydrogens (tertiary/aromatic N) is 6. The molecule has 0 aliphatic carbocycles. The van der Waals surface area contributed by atoms with Crippen LogP contribution in [0.5, 0.6) is 0 Å². The van der Waals surface area contributed by atoms with Crippen LogP contribution in [0.2, 0.25) is 0 Å². The van der Waals surface area contributed by atoms with Gasteiger partial charge in [-0.15, -0.1) is 0 Å². The van der Waals surface area contributed by atoms with Gasteiger partial charge in [0.1, 0.15) is 17.5 Å². The third-order valence-electron chi connectivity index (χ3n) is 6.19. The molecule has 0 N–H and O–H groups in total. The van der Waals surface area contributed by atoms with Crippen LogP contribution in [0.3, 0.4) is 0 Å². The second-order valence-electron chi connectivity index (χ2n) is 9.19. The minimum absolute atomic E-state index is 0.173. The quantitative estimate of drug-likeness (QED) is 0.534. The van der Waals surface area contributed by atoms with Gasteiger partial charge in [0.25, 0.3) is 0 Å². The molecule has 1 aromatic carbocycles. The Morgan fingerprint density at radius 1 is 1.09 bits per heavy atom. The van der Waals surface area contributed by atoms with Crippen LogP contribution in [0, 0.1) is 12.8 Å². The summed E-state index contributed by atoms with van der Waals surface area (Å²) in [5.74, 6) is 3.33. The van der Waals surface area contributed by atoms with E-state index in [2.05, 4.69) is 55.5 Å². The maximum atomic E-state index is 12.7. The van der Waals surface area contributed by atoms with E-state index in [9.17, 15) is 4.79 Å². The summed E-state index contributed by atoms with van der Waals surface area (Å²) in [4.78, 5) is 31.2. The van der Waals surface area contributed by atoms with Crippen molar-refractivity contribution in [2.45, 2.75) is 66.6 Å². The summed E-state index contributed by atoms with van der Waals surface area (Å²) in [7, 11) is 2.07. The number of aryl methyl sites for hydroxylation is 2. The normalized spacial score (nSPS) is 14.1. The zero-order valence-corrected chi connectivity index (χ0v) is 19.9.